The number of nitrogens with zero attached hydrogens (tertiary/aromatic N) is 3. The monoisotopic (exact) mass is 481 g/mol. The number of nitrogens with two attached hydrogens (primary N) is 2. The fourth-order valence-corrected chi connectivity index (χ4v) is 4.99. The Morgan fingerprint density at radius 3 is 2.61 bits per heavy atom. The standard InChI is InChI=1S/C28H31N7O/c1-16-9-10-20(21-6-5-13-31-26(16)21)19-11-12-25(33-17(19)2)35-24-14-18(15-32-27(24)28(30)36)34-23-8-4-3-7-22(23)29/h5-6,9-15,22-23,34H,3-4,7-8,29H2,1-2H3,(H2,30,36)(H,33,35)/t22-,23+/m0/s1. The number of fused-ring (bicyclic) bond motifs is 1. The minimum atomic E-state index is -0.606. The minimum Gasteiger partial charge on any atom is -0.379 e. The van der Waals surface area contributed by atoms with Crippen LogP contribution in [0.4, 0.5) is 17.2 Å². The maximum absolute atomic E-state index is 12.1. The first-order chi connectivity index (χ1) is 17.4. The van der Waals surface area contributed by atoms with Crippen molar-refractivity contribution in [2.75, 3.05) is 10.6 Å². The van der Waals surface area contributed by atoms with Gasteiger partial charge in [0.05, 0.1) is 23.1 Å². The Kier molecular flexibility index (Phi) is 6.52. The summed E-state index contributed by atoms with van der Waals surface area (Å²) in [5.74, 6) is -0.00741. The van der Waals surface area contributed by atoms with Gasteiger partial charge < -0.3 is 22.1 Å². The van der Waals surface area contributed by atoms with Gasteiger partial charge in [0, 0.05) is 34.9 Å². The third-order valence-electron chi connectivity index (χ3n) is 6.90. The Morgan fingerprint density at radius 2 is 1.83 bits per heavy atom. The highest BCUT2D eigenvalue weighted by molar-refractivity contribution is 5.98. The molecule has 0 radical (unpaired) electrons. The van der Waals surface area contributed by atoms with Crippen LogP contribution in [0, 0.1) is 13.8 Å². The summed E-state index contributed by atoms with van der Waals surface area (Å²) in [5.41, 5.74) is 18.4. The lowest BCUT2D eigenvalue weighted by Crippen LogP contribution is -2.42. The number of hydrogen-bond donors (Lipinski definition) is 4. The van der Waals surface area contributed by atoms with Crippen molar-refractivity contribution in [1.82, 2.24) is 15.0 Å². The number of benzene rings is 1. The second kappa shape index (κ2) is 9.91. The molecular formula is C28H31N7O. The second-order valence-corrected chi connectivity index (χ2v) is 9.47. The first-order valence-corrected chi connectivity index (χ1v) is 12.3. The molecule has 1 fully saturated rings. The summed E-state index contributed by atoms with van der Waals surface area (Å²) in [6.45, 7) is 4.03. The molecule has 36 heavy (non-hydrogen) atoms. The van der Waals surface area contributed by atoms with Gasteiger partial charge >= 0.3 is 0 Å². The van der Waals surface area contributed by atoms with Crippen molar-refractivity contribution in [2.45, 2.75) is 51.6 Å². The Bertz CT molecular complexity index is 1440. The molecule has 5 rings (SSSR count). The summed E-state index contributed by atoms with van der Waals surface area (Å²) in [6.07, 6.45) is 7.74. The first-order valence-electron chi connectivity index (χ1n) is 12.3. The highest BCUT2D eigenvalue weighted by Gasteiger charge is 2.22. The quantitative estimate of drug-likeness (QED) is 0.310. The predicted molar refractivity (Wildman–Crippen MR) is 144 cm³/mol. The molecule has 0 spiro atoms. The largest absolute Gasteiger partial charge is 0.379 e. The molecule has 1 saturated carbocycles. The molecule has 1 amide bonds. The molecule has 8 nitrogen and oxygen atoms in total. The Balaban J connectivity index is 1.45. The van der Waals surface area contributed by atoms with E-state index in [1.54, 1.807) is 6.20 Å². The summed E-state index contributed by atoms with van der Waals surface area (Å²) in [5, 5.41) is 7.82. The van der Waals surface area contributed by atoms with Crippen molar-refractivity contribution in [3.8, 4) is 11.1 Å². The molecule has 6 N–H and O–H groups in total. The Morgan fingerprint density at radius 1 is 1.03 bits per heavy atom. The van der Waals surface area contributed by atoms with Gasteiger partial charge in [-0.05, 0) is 62.1 Å². The van der Waals surface area contributed by atoms with Gasteiger partial charge in [0.2, 0.25) is 0 Å². The van der Waals surface area contributed by atoms with E-state index in [-0.39, 0.29) is 17.8 Å². The molecule has 0 unspecified atom stereocenters. The topological polar surface area (TPSA) is 132 Å². The molecule has 8 heteroatoms. The van der Waals surface area contributed by atoms with Crippen LogP contribution in [0.1, 0.15) is 47.4 Å². The average Bonchev–Trinajstić information content (AvgIpc) is 2.86. The molecule has 1 aliphatic rings. The van der Waals surface area contributed by atoms with Gasteiger partial charge in [-0.1, -0.05) is 31.0 Å². The lowest BCUT2D eigenvalue weighted by molar-refractivity contribution is 0.0996. The molecule has 1 aromatic carbocycles. The van der Waals surface area contributed by atoms with Gasteiger partial charge in [0.15, 0.2) is 5.69 Å². The molecule has 0 saturated heterocycles. The van der Waals surface area contributed by atoms with E-state index >= 15 is 0 Å². The maximum Gasteiger partial charge on any atom is 0.269 e. The lowest BCUT2D eigenvalue weighted by Gasteiger charge is -2.30. The number of primary amides is 1. The summed E-state index contributed by atoms with van der Waals surface area (Å²) in [6, 6.07) is 14.3. The van der Waals surface area contributed by atoms with Crippen LogP contribution in [0.2, 0.25) is 0 Å². The molecule has 3 aromatic heterocycles. The average molecular weight is 482 g/mol. The summed E-state index contributed by atoms with van der Waals surface area (Å²) in [7, 11) is 0. The predicted octanol–water partition coefficient (Wildman–Crippen LogP) is 4.83. The maximum atomic E-state index is 12.1. The van der Waals surface area contributed by atoms with E-state index in [0.29, 0.717) is 11.5 Å². The fourth-order valence-electron chi connectivity index (χ4n) is 4.99. The minimum absolute atomic E-state index is 0.0934. The van der Waals surface area contributed by atoms with E-state index < -0.39 is 5.91 Å². The van der Waals surface area contributed by atoms with Crippen LogP contribution in [-0.4, -0.2) is 32.9 Å². The van der Waals surface area contributed by atoms with Crippen molar-refractivity contribution in [2.24, 2.45) is 11.5 Å². The van der Waals surface area contributed by atoms with Crippen molar-refractivity contribution < 1.29 is 4.79 Å². The van der Waals surface area contributed by atoms with Gasteiger partial charge in [-0.2, -0.15) is 0 Å². The van der Waals surface area contributed by atoms with E-state index in [4.69, 9.17) is 16.5 Å². The zero-order chi connectivity index (χ0) is 25.2. The number of anilines is 3. The van der Waals surface area contributed by atoms with E-state index in [0.717, 1.165) is 64.7 Å². The molecular weight excluding hydrogens is 450 g/mol. The normalized spacial score (nSPS) is 17.6. The molecule has 2 atom stereocenters. The SMILES string of the molecule is Cc1nc(Nc2cc(N[C@@H]3CCCC[C@@H]3N)cnc2C(N)=O)ccc1-c1ccc(C)c2ncccc12. The number of pyridine rings is 3. The van der Waals surface area contributed by atoms with Crippen molar-refractivity contribution in [3.05, 3.63) is 71.8 Å². The molecule has 3 heterocycles. The fraction of sp³-hybridized carbons (Fsp3) is 0.286. The third kappa shape index (κ3) is 4.72. The number of hydrogen-bond acceptors (Lipinski definition) is 7. The van der Waals surface area contributed by atoms with Crippen LogP contribution in [-0.2, 0) is 0 Å². The number of aryl methyl sites for hydroxylation is 2. The third-order valence-corrected chi connectivity index (χ3v) is 6.90. The van der Waals surface area contributed by atoms with Gasteiger partial charge in [-0.25, -0.2) is 9.97 Å². The van der Waals surface area contributed by atoms with Gasteiger partial charge in [0.1, 0.15) is 5.82 Å². The molecule has 184 valence electrons. The first kappa shape index (κ1) is 23.7. The van der Waals surface area contributed by atoms with Crippen molar-refractivity contribution in [3.63, 3.8) is 0 Å². The van der Waals surface area contributed by atoms with Crippen LogP contribution in [0.3, 0.4) is 0 Å². The number of rotatable bonds is 6. The number of aromatic nitrogens is 3. The van der Waals surface area contributed by atoms with Crippen LogP contribution < -0.4 is 22.1 Å². The summed E-state index contributed by atoms with van der Waals surface area (Å²) >= 11 is 0. The van der Waals surface area contributed by atoms with Crippen molar-refractivity contribution in [1.29, 1.82) is 0 Å². The Hall–Kier alpha value is -4.04. The summed E-state index contributed by atoms with van der Waals surface area (Å²) < 4.78 is 0. The Labute approximate surface area is 210 Å². The molecule has 1 aliphatic carbocycles. The lowest BCUT2D eigenvalue weighted by atomic mass is 9.91. The van der Waals surface area contributed by atoms with Crippen LogP contribution in [0.5, 0.6) is 0 Å². The second-order valence-electron chi connectivity index (χ2n) is 9.47. The van der Waals surface area contributed by atoms with Gasteiger partial charge in [0.25, 0.3) is 5.91 Å². The number of carbonyl (C=O) groups is 1. The van der Waals surface area contributed by atoms with Crippen LogP contribution in [0.15, 0.2) is 54.9 Å². The zero-order valence-electron chi connectivity index (χ0n) is 20.6. The number of amides is 1. The molecule has 4 aromatic rings. The van der Waals surface area contributed by atoms with Gasteiger partial charge in [-0.3, -0.25) is 9.78 Å². The van der Waals surface area contributed by atoms with E-state index in [9.17, 15) is 4.79 Å². The van der Waals surface area contributed by atoms with E-state index in [1.807, 2.05) is 37.4 Å². The smallest absolute Gasteiger partial charge is 0.269 e. The van der Waals surface area contributed by atoms with E-state index in [2.05, 4.69) is 45.7 Å². The number of nitrogens with one attached hydrogen (secondary N) is 2. The van der Waals surface area contributed by atoms with Crippen LogP contribution >= 0.6 is 0 Å². The summed E-state index contributed by atoms with van der Waals surface area (Å²) in [4.78, 5) is 25.7. The van der Waals surface area contributed by atoms with Crippen molar-refractivity contribution >= 4 is 34.0 Å². The zero-order valence-corrected chi connectivity index (χ0v) is 20.6. The number of carbonyl (C=O) groups excluding carboxylic acids is 1. The van der Waals surface area contributed by atoms with Crippen LogP contribution in [0.25, 0.3) is 22.0 Å². The molecule has 0 bridgehead atoms. The highest BCUT2D eigenvalue weighted by atomic mass is 16.1. The van der Waals surface area contributed by atoms with Gasteiger partial charge in [-0.15, -0.1) is 0 Å². The molecule has 0 aliphatic heterocycles. The van der Waals surface area contributed by atoms with E-state index in [1.165, 1.54) is 0 Å². The highest BCUT2D eigenvalue weighted by Crippen LogP contribution is 2.32.